The molecule has 0 radical (unpaired) electrons. The average molecular weight is 2250 g/mol. The number of thioether (sulfide) groups is 2. The minimum absolute atomic E-state index is 0.000000000000000222. The number of hydrogen-bond acceptors (Lipinski definition) is 35. The zero-order chi connectivity index (χ0) is 113. The predicted molar refractivity (Wildman–Crippen MR) is 627 cm³/mol. The molecule has 0 aliphatic carbocycles. The zero-order valence-electron chi connectivity index (χ0n) is 98.2. The van der Waals surface area contributed by atoms with Gasteiger partial charge in [-0.2, -0.15) is 8.78 Å². The first-order valence-corrected chi connectivity index (χ1v) is 63.0. The number of methoxy groups -OCH3 is 2. The third kappa shape index (κ3) is 264. The molecule has 1 rings (SSSR count). The molecule has 856 valence electrons. The van der Waals surface area contributed by atoms with Crippen molar-refractivity contribution in [3.63, 3.8) is 0 Å². The van der Waals surface area contributed by atoms with E-state index < -0.39 is 37.0 Å². The Balaban J connectivity index is -0.0000000837. The molecule has 1 aromatic rings. The number of carbonyl (C=O) groups is 3. The number of rotatable bonds is 50. The van der Waals surface area contributed by atoms with Gasteiger partial charge in [0.1, 0.15) is 41.2 Å². The molecule has 0 bridgehead atoms. The maximum absolute atomic E-state index is 11.8. The molecule has 1 aromatic carbocycles. The molecule has 0 aromatic heterocycles. The van der Waals surface area contributed by atoms with Crippen LogP contribution in [-0.2, 0) is 94.7 Å². The van der Waals surface area contributed by atoms with Crippen molar-refractivity contribution in [3.05, 3.63) is 55.6 Å². The Bertz CT molecular complexity index is 2380. The summed E-state index contributed by atoms with van der Waals surface area (Å²) in [7, 11) is 21.3. The van der Waals surface area contributed by atoms with Gasteiger partial charge in [-0.25, -0.2) is 18.8 Å². The molecule has 0 saturated carbocycles. The van der Waals surface area contributed by atoms with Crippen LogP contribution in [0.15, 0.2) is 60.5 Å². The molecule has 3 atom stereocenters. The summed E-state index contributed by atoms with van der Waals surface area (Å²) in [6, 6.07) is 10.3. The summed E-state index contributed by atoms with van der Waals surface area (Å²) in [5.41, 5.74) is 0.676. The van der Waals surface area contributed by atoms with Gasteiger partial charge in [0.2, 0.25) is 0 Å². The highest BCUT2D eigenvalue weighted by Crippen LogP contribution is 2.35. The van der Waals surface area contributed by atoms with E-state index in [1.54, 1.807) is 191 Å². The van der Waals surface area contributed by atoms with E-state index in [0.717, 1.165) is 61.3 Å². The molecule has 0 aliphatic heterocycles. The first-order chi connectivity index (χ1) is 64.6. The van der Waals surface area contributed by atoms with Crippen LogP contribution in [0.3, 0.4) is 0 Å². The Morgan fingerprint density at radius 3 is 0.907 bits per heavy atom. The van der Waals surface area contributed by atoms with E-state index in [1.165, 1.54) is 17.9 Å². The van der Waals surface area contributed by atoms with Crippen LogP contribution in [0.4, 0.5) is 27.6 Å². The second kappa shape index (κ2) is 137. The molecular formula is C102H217F3O23S12. The quantitative estimate of drug-likeness (QED) is 0.0112. The fraction of sp³-hybridized carbons (Fsp3) is 0.873. The van der Waals surface area contributed by atoms with E-state index in [1.807, 2.05) is 179 Å². The van der Waals surface area contributed by atoms with Gasteiger partial charge in [-0.05, 0) is 314 Å². The van der Waals surface area contributed by atoms with Crippen LogP contribution in [0.25, 0.3) is 0 Å². The first-order valence-electron chi connectivity index (χ1n) is 48.4. The van der Waals surface area contributed by atoms with Crippen LogP contribution in [0.1, 0.15) is 339 Å². The van der Waals surface area contributed by atoms with Crippen molar-refractivity contribution in [2.24, 2.45) is 0 Å². The third-order valence-corrected chi connectivity index (χ3v) is 23.8. The second-order valence-corrected chi connectivity index (χ2v) is 49.9. The van der Waals surface area contributed by atoms with E-state index in [-0.39, 0.29) is 31.0 Å². The van der Waals surface area contributed by atoms with Crippen LogP contribution < -0.4 is 0 Å². The van der Waals surface area contributed by atoms with Crippen molar-refractivity contribution in [1.82, 2.24) is 0 Å². The van der Waals surface area contributed by atoms with Crippen LogP contribution >= 0.6 is 131 Å². The lowest BCUT2D eigenvalue weighted by atomic mass is 10.3. The van der Waals surface area contributed by atoms with Gasteiger partial charge in [-0.3, -0.25) is 0 Å². The number of carbonyl (C=O) groups excluding carboxylic acids is 3. The molecule has 0 spiro atoms. The van der Waals surface area contributed by atoms with Crippen LogP contribution in [-0.4, -0.2) is 263 Å². The molecule has 38 heteroatoms. The van der Waals surface area contributed by atoms with Gasteiger partial charge >= 0.3 is 24.6 Å². The van der Waals surface area contributed by atoms with Crippen molar-refractivity contribution >= 4 is 150 Å². The Morgan fingerprint density at radius 2 is 0.679 bits per heavy atom. The van der Waals surface area contributed by atoms with Gasteiger partial charge in [-0.15, -0.1) is 18.3 Å². The van der Waals surface area contributed by atoms with E-state index in [4.69, 9.17) is 56.8 Å². The van der Waals surface area contributed by atoms with Gasteiger partial charge in [0.05, 0.1) is 130 Å². The highest BCUT2D eigenvalue weighted by atomic mass is 33.1. The molecule has 0 amide bonds. The van der Waals surface area contributed by atoms with Gasteiger partial charge in [0.25, 0.3) is 0 Å². The fourth-order valence-electron chi connectivity index (χ4n) is 5.90. The molecule has 0 heterocycles. The summed E-state index contributed by atoms with van der Waals surface area (Å²) >= 11 is 3.56. The lowest BCUT2D eigenvalue weighted by Gasteiger charge is -2.16. The Hall–Kier alpha value is -0.0600. The number of alkyl halides is 3. The van der Waals surface area contributed by atoms with Crippen molar-refractivity contribution in [3.8, 4) is 0 Å². The normalized spacial score (nSPS) is 11.2. The largest absolute Gasteiger partial charge is 0.508 e. The Morgan fingerprint density at radius 1 is 0.350 bits per heavy atom. The zero-order valence-corrected chi connectivity index (χ0v) is 108. The highest BCUT2D eigenvalue weighted by Gasteiger charge is 2.23. The maximum atomic E-state index is 11.8. The smallest absolute Gasteiger partial charge is 0.435 e. The van der Waals surface area contributed by atoms with Crippen LogP contribution in [0.5, 0.6) is 0 Å². The lowest BCUT2D eigenvalue weighted by Crippen LogP contribution is -2.20. The van der Waals surface area contributed by atoms with Crippen molar-refractivity contribution in [1.29, 1.82) is 0 Å². The summed E-state index contributed by atoms with van der Waals surface area (Å²) < 4.78 is 134. The van der Waals surface area contributed by atoms with Crippen molar-refractivity contribution in [2.75, 3.05) is 108 Å². The summed E-state index contributed by atoms with van der Waals surface area (Å²) in [5.74, 6) is 6.25. The average Bonchev–Trinajstić information content (AvgIpc) is 0.933. The standard InChI is InChI=1S/C10H14OS.C8H18OS2.C7H12O3.C7H16OS2.C7H16OS.2C6H12O3.2C6H14OS2.C6H12O.C5H10F2O.C5H11FO.C5H12OS2.2C5H12O.2C4H10O/c1-9(2)11-8-12-10-6-4-3-5-7-10;1-7(2)9-6-10-11-8(3,4)5;1-4-5-9-7(8)10-6(2)3;1-6(2)8-5-9-10-7(3)4;1-5-9-7(4)8-6(2)3;2*1-4-8-6(7)9-5(2)3;1-5(2)7-6(3)9-8-4;1-4-8-9-5-7-6(2)3;1-4-5-7-6(2)3;1-4(2)8-5(3,6)7;1-4(2)7-5(3)6;1-5(2)6-4-8-7-3;2*1-4-6-5(2)3;2*1-4(2)5-3/h3-7,9H,8H2,1-2H3;7H,6H2,1-5H3;4,6H,1,5H2,2-3H3;6-7H,5H2,1-4H3;6-7H,5H2,1-4H3;2*5H,4H2,1-3H3;5-6H,1-4H3;6H,4-5H2,1-3H3;4,6H,1,5H2,2-3H3;4H,1-3H3;4-5H,1-3H3;5H,4H2,1-3H3;2*5H,4H2,1-3H3;2*4H,1-3H3. The molecule has 23 nitrogen and oxygen atoms in total. The van der Waals surface area contributed by atoms with Crippen molar-refractivity contribution < 1.29 is 122 Å². The number of halogens is 3. The summed E-state index contributed by atoms with van der Waals surface area (Å²) in [6.07, 6.45) is 5.07. The van der Waals surface area contributed by atoms with Gasteiger partial charge in [-0.1, -0.05) is 205 Å². The summed E-state index contributed by atoms with van der Waals surface area (Å²) in [6.45, 7) is 105. The van der Waals surface area contributed by atoms with Gasteiger partial charge in [0, 0.05) is 55.0 Å². The topological polar surface area (TPSA) is 236 Å². The van der Waals surface area contributed by atoms with E-state index in [0.29, 0.717) is 114 Å². The molecule has 0 aliphatic rings. The molecular weight excluding hydrogens is 2030 g/mol. The third-order valence-electron chi connectivity index (χ3n) is 10.8. The minimum atomic E-state index is -2.98. The molecule has 0 saturated heterocycles. The van der Waals surface area contributed by atoms with E-state index in [2.05, 4.69) is 201 Å². The molecule has 140 heavy (non-hydrogen) atoms. The summed E-state index contributed by atoms with van der Waals surface area (Å²) in [5, 5.41) is 0.695. The number of hydrogen-bond donors (Lipinski definition) is 0. The van der Waals surface area contributed by atoms with E-state index >= 15 is 0 Å². The van der Waals surface area contributed by atoms with Gasteiger partial charge < -0.3 is 94.7 Å². The van der Waals surface area contributed by atoms with Crippen LogP contribution in [0.2, 0.25) is 0 Å². The highest BCUT2D eigenvalue weighted by molar-refractivity contribution is 8.78. The molecule has 0 fully saturated rings. The van der Waals surface area contributed by atoms with Crippen LogP contribution in [0, 0.1) is 0 Å². The number of ether oxygens (including phenoxy) is 20. The van der Waals surface area contributed by atoms with E-state index in [9.17, 15) is 27.6 Å². The fourth-order valence-corrected chi connectivity index (χ4v) is 15.2. The predicted octanol–water partition coefficient (Wildman–Crippen LogP) is 35.5. The van der Waals surface area contributed by atoms with Gasteiger partial charge in [0.15, 0.2) is 6.36 Å². The maximum Gasteiger partial charge on any atom is 0.508 e. The minimum Gasteiger partial charge on any atom is -0.435 e. The van der Waals surface area contributed by atoms with Crippen molar-refractivity contribution in [2.45, 2.75) is 481 Å². The second-order valence-electron chi connectivity index (χ2n) is 33.4. The Labute approximate surface area is 909 Å². The monoisotopic (exact) mass is 2250 g/mol. The SMILES string of the molecule is C=CCOC(=O)OC(C)C.C=CCOC(C)C.CC(C)OC(C)(F)F.CC(C)OC(C)F.CC(C)OCSSC(C)(C)C.CC(C)OCSSC(C)C.CC(C)OCSc1ccccc1.CCOC(=O)OC(C)C.CCOC(=O)OC(C)C.CCOC(C)C.CCOC(C)C.CCSC(C)OC(C)C.CCSSCOC(C)C.COC(C)C.COC(C)C.CSSC(C)OC(C)C.CSSCOC(C)C. The Kier molecular flexibility index (Phi) is 172. The first kappa shape index (κ1) is 176. The number of benzene rings is 1. The summed E-state index contributed by atoms with van der Waals surface area (Å²) in [4.78, 5) is 32.6. The lowest BCUT2D eigenvalue weighted by molar-refractivity contribution is -0.242. The molecule has 0 N–H and O–H groups in total. The molecule has 3 unspecified atom stereocenters.